The number of carbonyl (C=O) groups is 1. The summed E-state index contributed by atoms with van der Waals surface area (Å²) < 4.78 is 27.1. The fourth-order valence-electron chi connectivity index (χ4n) is 3.75. The summed E-state index contributed by atoms with van der Waals surface area (Å²) >= 11 is 0. The minimum Gasteiger partial charge on any atom is -0.488 e. The zero-order valence-corrected chi connectivity index (χ0v) is 21.4. The summed E-state index contributed by atoms with van der Waals surface area (Å²) in [7, 11) is 0. The number of rotatable bonds is 16. The molecule has 2 aromatic rings. The number of hydrogen-bond acceptors (Lipinski definition) is 13. The van der Waals surface area contributed by atoms with E-state index in [1.54, 1.807) is 37.3 Å². The summed E-state index contributed by atoms with van der Waals surface area (Å²) in [5.74, 6) is -0.371. The van der Waals surface area contributed by atoms with Crippen LogP contribution in [0.25, 0.3) is 0 Å². The minimum atomic E-state index is -1.59. The van der Waals surface area contributed by atoms with Crippen LogP contribution < -0.4 is 26.2 Å². The highest BCUT2D eigenvalue weighted by atomic mass is 16.7. The lowest BCUT2D eigenvalue weighted by Gasteiger charge is -2.39. The van der Waals surface area contributed by atoms with Crippen LogP contribution in [0.15, 0.2) is 39.9 Å². The van der Waals surface area contributed by atoms with Gasteiger partial charge >= 0.3 is 0 Å². The molecule has 6 atom stereocenters. The Bertz CT molecular complexity index is 1100. The highest BCUT2D eigenvalue weighted by Gasteiger charge is 2.44. The molecule has 0 saturated carbocycles. The van der Waals surface area contributed by atoms with Crippen molar-refractivity contribution in [3.8, 4) is 5.75 Å². The molecule has 0 spiro atoms. The smallest absolute Gasteiger partial charge is 0.272 e. The van der Waals surface area contributed by atoms with Crippen molar-refractivity contribution in [1.82, 2.24) is 5.32 Å². The minimum absolute atomic E-state index is 0.0531. The van der Waals surface area contributed by atoms with Crippen molar-refractivity contribution in [1.29, 1.82) is 0 Å². The Hall–Kier alpha value is -2.95. The van der Waals surface area contributed by atoms with Crippen molar-refractivity contribution in [3.63, 3.8) is 0 Å². The van der Waals surface area contributed by atoms with Gasteiger partial charge in [-0.25, -0.2) is 0 Å². The van der Waals surface area contributed by atoms with E-state index in [9.17, 15) is 34.8 Å². The van der Waals surface area contributed by atoms with E-state index >= 15 is 0 Å². The second kappa shape index (κ2) is 15.0. The first-order valence-electron chi connectivity index (χ1n) is 12.5. The third kappa shape index (κ3) is 8.03. The van der Waals surface area contributed by atoms with Gasteiger partial charge in [-0.2, -0.15) is 0 Å². The number of carbonyl (C=O) groups excluding carboxylic acids is 1. The largest absolute Gasteiger partial charge is 0.488 e. The molecule has 0 bridgehead atoms. The van der Waals surface area contributed by atoms with Gasteiger partial charge in [0.25, 0.3) is 16.8 Å². The Kier molecular flexibility index (Phi) is 11.8. The second-order valence-corrected chi connectivity index (χ2v) is 8.56. The molecular weight excluding hydrogens is 520 g/mol. The molecule has 1 fully saturated rings. The van der Waals surface area contributed by atoms with Gasteiger partial charge in [0.2, 0.25) is 0 Å². The van der Waals surface area contributed by atoms with Gasteiger partial charge in [0, 0.05) is 12.1 Å². The van der Waals surface area contributed by atoms with Crippen molar-refractivity contribution in [3.05, 3.63) is 56.3 Å². The molecule has 0 aromatic heterocycles. The van der Waals surface area contributed by atoms with Crippen molar-refractivity contribution in [2.45, 2.75) is 43.9 Å². The van der Waals surface area contributed by atoms with Crippen LogP contribution in [0.5, 0.6) is 5.75 Å². The third-order valence-electron chi connectivity index (χ3n) is 5.83. The number of hydrogen-bond donors (Lipinski definition) is 6. The SMILES string of the molecule is CCOc1c(NC(COCCNC(=O)c2ccccc2)OCCOC2O[C@H](CO)[C@@H](O)[C@H](O)[C@@H]2O)c(=O)c1=O. The van der Waals surface area contributed by atoms with E-state index in [-0.39, 0.29) is 56.9 Å². The summed E-state index contributed by atoms with van der Waals surface area (Å²) in [6, 6.07) is 8.65. The molecule has 14 nitrogen and oxygen atoms in total. The van der Waals surface area contributed by atoms with E-state index in [1.807, 2.05) is 0 Å². The Balaban J connectivity index is 1.50. The summed E-state index contributed by atoms with van der Waals surface area (Å²) in [6.07, 6.45) is -8.05. The zero-order valence-electron chi connectivity index (χ0n) is 21.4. The molecule has 0 aliphatic carbocycles. The van der Waals surface area contributed by atoms with Crippen LogP contribution in [0.3, 0.4) is 0 Å². The van der Waals surface area contributed by atoms with Gasteiger partial charge < -0.3 is 54.7 Å². The monoisotopic (exact) mass is 554 g/mol. The molecule has 0 radical (unpaired) electrons. The first-order chi connectivity index (χ1) is 18.8. The molecule has 1 saturated heterocycles. The maximum atomic E-state index is 12.1. The van der Waals surface area contributed by atoms with Gasteiger partial charge in [-0.05, 0) is 19.1 Å². The van der Waals surface area contributed by atoms with Gasteiger partial charge in [-0.3, -0.25) is 14.4 Å². The van der Waals surface area contributed by atoms with Crippen molar-refractivity contribution in [2.75, 3.05) is 51.5 Å². The zero-order chi connectivity index (χ0) is 28.4. The second-order valence-electron chi connectivity index (χ2n) is 8.56. The van der Waals surface area contributed by atoms with Gasteiger partial charge in [0.05, 0.1) is 39.6 Å². The third-order valence-corrected chi connectivity index (χ3v) is 5.83. The lowest BCUT2D eigenvalue weighted by atomic mass is 9.99. The molecule has 216 valence electrons. The Morgan fingerprint density at radius 3 is 2.46 bits per heavy atom. The van der Waals surface area contributed by atoms with E-state index in [4.69, 9.17) is 23.7 Å². The molecule has 14 heteroatoms. The summed E-state index contributed by atoms with van der Waals surface area (Å²) in [4.78, 5) is 35.9. The van der Waals surface area contributed by atoms with Gasteiger partial charge in [0.15, 0.2) is 18.3 Å². The standard InChI is InChI=1S/C25H34N2O12/c1-2-36-23-17(19(30)21(23)32)27-16(13-35-9-8-26-24(34)14-6-4-3-5-7-14)37-10-11-38-25-22(33)20(31)18(29)15(12-28)39-25/h3-7,15-16,18,20,22,25,27-29,31,33H,2,8-13H2,1H3,(H,26,34)/t15-,16?,18-,20+,22+,25?/m1/s1. The normalized spacial score (nSPS) is 23.9. The van der Waals surface area contributed by atoms with Gasteiger partial charge in [-0.1, -0.05) is 18.2 Å². The molecular formula is C25H34N2O12. The maximum Gasteiger partial charge on any atom is 0.272 e. The Morgan fingerprint density at radius 1 is 1.03 bits per heavy atom. The molecule has 2 unspecified atom stereocenters. The van der Waals surface area contributed by atoms with Crippen LogP contribution in [0.2, 0.25) is 0 Å². The number of aliphatic hydroxyl groups is 4. The molecule has 3 rings (SSSR count). The molecule has 1 heterocycles. The molecule has 2 aromatic carbocycles. The van der Waals surface area contributed by atoms with Crippen LogP contribution in [0, 0.1) is 0 Å². The summed E-state index contributed by atoms with van der Waals surface area (Å²) in [6.45, 7) is 1.20. The predicted octanol–water partition coefficient (Wildman–Crippen LogP) is -2.30. The van der Waals surface area contributed by atoms with Crippen molar-refractivity contribution < 1.29 is 48.9 Å². The van der Waals surface area contributed by atoms with Crippen LogP contribution >= 0.6 is 0 Å². The first kappa shape index (κ1) is 30.6. The van der Waals surface area contributed by atoms with Crippen molar-refractivity contribution in [2.24, 2.45) is 0 Å². The highest BCUT2D eigenvalue weighted by Crippen LogP contribution is 2.22. The Morgan fingerprint density at radius 2 is 1.77 bits per heavy atom. The summed E-state index contributed by atoms with van der Waals surface area (Å²) in [5, 5.41) is 44.6. The fraction of sp³-hybridized carbons (Fsp3) is 0.560. The Labute approximate surface area is 223 Å². The molecule has 1 aliphatic heterocycles. The van der Waals surface area contributed by atoms with Crippen molar-refractivity contribution >= 4 is 11.6 Å². The van der Waals surface area contributed by atoms with Crippen LogP contribution in [0.1, 0.15) is 17.3 Å². The predicted molar refractivity (Wildman–Crippen MR) is 135 cm³/mol. The highest BCUT2D eigenvalue weighted by molar-refractivity contribution is 5.94. The van der Waals surface area contributed by atoms with E-state index in [0.717, 1.165) is 0 Å². The number of amides is 1. The van der Waals surface area contributed by atoms with E-state index < -0.39 is 54.4 Å². The topological polar surface area (TPSA) is 202 Å². The number of anilines is 1. The first-order valence-corrected chi connectivity index (χ1v) is 12.5. The van der Waals surface area contributed by atoms with Gasteiger partial charge in [0.1, 0.15) is 30.1 Å². The number of aliphatic hydroxyl groups excluding tert-OH is 4. The van der Waals surface area contributed by atoms with Crippen LogP contribution in [-0.2, 0) is 18.9 Å². The quantitative estimate of drug-likeness (QED) is 0.0735. The fourth-order valence-corrected chi connectivity index (χ4v) is 3.75. The van der Waals surface area contributed by atoms with Crippen LogP contribution in [0.4, 0.5) is 5.69 Å². The van der Waals surface area contributed by atoms with Crippen LogP contribution in [-0.4, -0.2) is 109 Å². The van der Waals surface area contributed by atoms with E-state index in [1.165, 1.54) is 0 Å². The lowest BCUT2D eigenvalue weighted by Crippen LogP contribution is -2.59. The van der Waals surface area contributed by atoms with Gasteiger partial charge in [-0.15, -0.1) is 0 Å². The number of nitrogens with one attached hydrogen (secondary N) is 2. The average Bonchev–Trinajstić information content (AvgIpc) is 2.96. The number of benzene rings is 1. The average molecular weight is 555 g/mol. The maximum absolute atomic E-state index is 12.1. The molecule has 1 amide bonds. The van der Waals surface area contributed by atoms with E-state index in [2.05, 4.69) is 10.6 Å². The number of ether oxygens (including phenoxy) is 5. The molecule has 1 aliphatic rings. The molecule has 6 N–H and O–H groups in total. The summed E-state index contributed by atoms with van der Waals surface area (Å²) in [5.41, 5.74) is -1.07. The molecule has 39 heavy (non-hydrogen) atoms. The van der Waals surface area contributed by atoms with E-state index in [0.29, 0.717) is 5.56 Å². The lowest BCUT2D eigenvalue weighted by molar-refractivity contribution is -0.302.